The van der Waals surface area contributed by atoms with Gasteiger partial charge in [-0.15, -0.1) is 0 Å². The van der Waals surface area contributed by atoms with Crippen molar-refractivity contribution in [3.05, 3.63) is 83.4 Å². The van der Waals surface area contributed by atoms with Gasteiger partial charge in [-0.3, -0.25) is 14.4 Å². The molecule has 3 amide bonds. The fourth-order valence-corrected chi connectivity index (χ4v) is 5.89. The van der Waals surface area contributed by atoms with Gasteiger partial charge >= 0.3 is 6.18 Å². The van der Waals surface area contributed by atoms with Crippen molar-refractivity contribution in [1.82, 2.24) is 0 Å². The molecule has 1 N–H and O–H groups in total. The van der Waals surface area contributed by atoms with Crippen LogP contribution in [-0.4, -0.2) is 17.7 Å². The van der Waals surface area contributed by atoms with E-state index in [4.69, 9.17) is 4.74 Å². The molecule has 0 radical (unpaired) electrons. The van der Waals surface area contributed by atoms with E-state index in [1.807, 2.05) is 0 Å². The Hall–Kier alpha value is -4.14. The smallest absolute Gasteiger partial charge is 0.418 e. The van der Waals surface area contributed by atoms with E-state index in [9.17, 15) is 27.6 Å². The van der Waals surface area contributed by atoms with Crippen LogP contribution in [0.3, 0.4) is 0 Å². The van der Waals surface area contributed by atoms with Gasteiger partial charge < -0.3 is 10.1 Å². The molecule has 9 heteroatoms. The molecule has 0 aromatic heterocycles. The van der Waals surface area contributed by atoms with Gasteiger partial charge in [-0.25, -0.2) is 4.90 Å². The number of carbonyl (C=O) groups is 3. The number of alkyl halides is 3. The molecule has 3 atom stereocenters. The highest BCUT2D eigenvalue weighted by Crippen LogP contribution is 2.41. The summed E-state index contributed by atoms with van der Waals surface area (Å²) < 4.78 is 46.5. The lowest BCUT2D eigenvalue weighted by Gasteiger charge is -2.36. The first-order valence-electron chi connectivity index (χ1n) is 13.7. The molecule has 1 aliphatic carbocycles. The van der Waals surface area contributed by atoms with E-state index < -0.39 is 29.2 Å². The second-order valence-electron chi connectivity index (χ2n) is 11.2. The molecular weight excluding hydrogens is 533 g/mol. The summed E-state index contributed by atoms with van der Waals surface area (Å²) >= 11 is 0. The largest absolute Gasteiger partial charge is 0.457 e. The molecule has 1 saturated carbocycles. The van der Waals surface area contributed by atoms with E-state index in [0.717, 1.165) is 31.4 Å². The van der Waals surface area contributed by atoms with Crippen LogP contribution >= 0.6 is 0 Å². The van der Waals surface area contributed by atoms with Crippen LogP contribution in [0.2, 0.25) is 0 Å². The predicted molar refractivity (Wildman–Crippen MR) is 149 cm³/mol. The maximum absolute atomic E-state index is 13.6. The molecule has 2 unspecified atom stereocenters. The van der Waals surface area contributed by atoms with E-state index in [-0.39, 0.29) is 28.7 Å². The first-order valence-corrected chi connectivity index (χ1v) is 13.7. The molecule has 6 nitrogen and oxygen atoms in total. The topological polar surface area (TPSA) is 75.7 Å². The maximum atomic E-state index is 13.6. The van der Waals surface area contributed by atoms with Crippen LogP contribution in [0.15, 0.2) is 66.7 Å². The second kappa shape index (κ2) is 11.0. The average molecular weight is 565 g/mol. The minimum absolute atomic E-state index is 0.00544. The molecule has 214 valence electrons. The lowest BCUT2D eigenvalue weighted by Crippen LogP contribution is -2.36. The number of benzene rings is 3. The summed E-state index contributed by atoms with van der Waals surface area (Å²) in [5.41, 5.74) is -1.01. The third-order valence-electron chi connectivity index (χ3n) is 8.02. The molecule has 1 fully saturated rings. The van der Waals surface area contributed by atoms with E-state index in [1.165, 1.54) is 30.3 Å². The van der Waals surface area contributed by atoms with Crippen LogP contribution in [0.25, 0.3) is 0 Å². The summed E-state index contributed by atoms with van der Waals surface area (Å²) in [6, 6.07) is 15.5. The number of hydrogen-bond donors (Lipinski definition) is 1. The van der Waals surface area contributed by atoms with E-state index >= 15 is 0 Å². The number of hydrogen-bond acceptors (Lipinski definition) is 4. The highest BCUT2D eigenvalue weighted by atomic mass is 19.4. The van der Waals surface area contributed by atoms with Crippen LogP contribution in [0, 0.1) is 23.7 Å². The molecule has 0 spiro atoms. The Morgan fingerprint density at radius 1 is 0.927 bits per heavy atom. The van der Waals surface area contributed by atoms with Gasteiger partial charge in [0.2, 0.25) is 5.91 Å². The van der Waals surface area contributed by atoms with Crippen molar-refractivity contribution in [1.29, 1.82) is 0 Å². The number of carbonyl (C=O) groups excluding carboxylic acids is 3. The summed E-state index contributed by atoms with van der Waals surface area (Å²) in [5.74, 6) is 0.233. The van der Waals surface area contributed by atoms with Crippen LogP contribution in [0.5, 0.6) is 11.5 Å². The van der Waals surface area contributed by atoms with Gasteiger partial charge in [0, 0.05) is 11.6 Å². The molecule has 0 saturated heterocycles. The summed E-state index contributed by atoms with van der Waals surface area (Å²) in [6.45, 7) is 6.51. The van der Waals surface area contributed by atoms with E-state index in [2.05, 4.69) is 26.1 Å². The number of amides is 3. The summed E-state index contributed by atoms with van der Waals surface area (Å²) in [4.78, 5) is 39.7. The van der Waals surface area contributed by atoms with Crippen molar-refractivity contribution in [3.63, 3.8) is 0 Å². The van der Waals surface area contributed by atoms with E-state index in [1.54, 1.807) is 24.3 Å². The van der Waals surface area contributed by atoms with Crippen LogP contribution < -0.4 is 15.0 Å². The van der Waals surface area contributed by atoms with Crippen molar-refractivity contribution in [2.75, 3.05) is 10.2 Å². The number of anilines is 2. The summed E-state index contributed by atoms with van der Waals surface area (Å²) in [5, 5.41) is 3.03. The molecule has 1 heterocycles. The zero-order valence-corrected chi connectivity index (χ0v) is 23.0. The third kappa shape index (κ3) is 5.71. The van der Waals surface area contributed by atoms with Crippen molar-refractivity contribution in [3.8, 4) is 11.5 Å². The summed E-state index contributed by atoms with van der Waals surface area (Å²) in [6.07, 6.45) is -1.68. The van der Waals surface area contributed by atoms with Crippen molar-refractivity contribution < 1.29 is 32.3 Å². The Bertz CT molecular complexity index is 1480. The van der Waals surface area contributed by atoms with Crippen LogP contribution in [-0.2, 0) is 11.0 Å². The first kappa shape index (κ1) is 28.4. The minimum atomic E-state index is -4.74. The van der Waals surface area contributed by atoms with Gasteiger partial charge in [0.25, 0.3) is 11.8 Å². The number of nitrogens with zero attached hydrogens (tertiary/aromatic N) is 1. The summed E-state index contributed by atoms with van der Waals surface area (Å²) in [7, 11) is 0. The lowest BCUT2D eigenvalue weighted by molar-refractivity contribution is -0.137. The number of ether oxygens (including phenoxy) is 1. The molecule has 41 heavy (non-hydrogen) atoms. The van der Waals surface area contributed by atoms with E-state index in [0.29, 0.717) is 34.1 Å². The Kier molecular flexibility index (Phi) is 7.64. The molecule has 5 rings (SSSR count). The van der Waals surface area contributed by atoms with Gasteiger partial charge in [-0.2, -0.15) is 13.2 Å². The average Bonchev–Trinajstić information content (AvgIpc) is 3.17. The van der Waals surface area contributed by atoms with Gasteiger partial charge in [-0.1, -0.05) is 39.3 Å². The number of para-hydroxylation sites is 1. The van der Waals surface area contributed by atoms with Crippen LogP contribution in [0.1, 0.15) is 66.3 Å². The van der Waals surface area contributed by atoms with Crippen LogP contribution in [0.4, 0.5) is 24.5 Å². The Labute approximate surface area is 236 Å². The molecule has 3 aromatic carbocycles. The highest BCUT2D eigenvalue weighted by molar-refractivity contribution is 6.34. The monoisotopic (exact) mass is 564 g/mol. The molecule has 2 aliphatic rings. The Morgan fingerprint density at radius 3 is 2.27 bits per heavy atom. The zero-order chi connectivity index (χ0) is 29.5. The van der Waals surface area contributed by atoms with Crippen molar-refractivity contribution in [2.24, 2.45) is 23.7 Å². The second-order valence-corrected chi connectivity index (χ2v) is 11.2. The molecule has 3 aromatic rings. The lowest BCUT2D eigenvalue weighted by atomic mass is 9.70. The maximum Gasteiger partial charge on any atom is 0.418 e. The van der Waals surface area contributed by atoms with Crippen molar-refractivity contribution >= 4 is 29.1 Å². The molecule has 0 bridgehead atoms. The van der Waals surface area contributed by atoms with Gasteiger partial charge in [0.1, 0.15) is 11.5 Å². The van der Waals surface area contributed by atoms with Crippen molar-refractivity contribution in [2.45, 2.75) is 46.2 Å². The zero-order valence-electron chi connectivity index (χ0n) is 23.0. The number of halogens is 3. The Morgan fingerprint density at radius 2 is 1.59 bits per heavy atom. The normalized spacial score (nSPS) is 20.8. The first-order chi connectivity index (χ1) is 19.4. The van der Waals surface area contributed by atoms with Gasteiger partial charge in [0.15, 0.2) is 0 Å². The minimum Gasteiger partial charge on any atom is -0.457 e. The molecule has 1 aliphatic heterocycles. The van der Waals surface area contributed by atoms with Gasteiger partial charge in [-0.05, 0) is 85.2 Å². The fourth-order valence-electron chi connectivity index (χ4n) is 5.89. The quantitative estimate of drug-likeness (QED) is 0.308. The molecular formula is C32H31F3N2O4. The SMILES string of the molecule is CC(C)C1CC[C@@H](C)CC1C(=O)Nc1ccc(Oc2ccc3c(c2)C(=O)N(c2ccccc2C(F)(F)F)C3=O)cc1. The van der Waals surface area contributed by atoms with Gasteiger partial charge in [0.05, 0.1) is 22.4 Å². The standard InChI is InChI=1S/C32H31F3N2O4/c1-18(2)23-14-8-19(3)16-25(23)29(38)36-20-9-11-21(12-10-20)41-22-13-15-24-26(17-22)31(40)37(30(24)39)28-7-5-4-6-27(28)32(33,34)35/h4-7,9-13,15,17-19,23,25H,8,14,16H2,1-3H3,(H,36,38)/t19-,23?,25?/m1/s1. The highest BCUT2D eigenvalue weighted by Gasteiger charge is 2.42. The predicted octanol–water partition coefficient (Wildman–Crippen LogP) is 7.95. The number of nitrogens with one attached hydrogen (secondary N) is 1. The third-order valence-corrected chi connectivity index (χ3v) is 8.02. The number of fused-ring (bicyclic) bond motifs is 1. The fraction of sp³-hybridized carbons (Fsp3) is 0.344. The number of imide groups is 1. The number of rotatable bonds is 6. The Balaban J connectivity index is 1.29.